The number of rotatable bonds is 4. The third-order valence-corrected chi connectivity index (χ3v) is 5.13. The molecule has 134 valence electrons. The van der Waals surface area contributed by atoms with Crippen molar-refractivity contribution in [2.24, 2.45) is 4.99 Å². The van der Waals surface area contributed by atoms with E-state index in [0.717, 1.165) is 27.3 Å². The summed E-state index contributed by atoms with van der Waals surface area (Å²) in [5, 5.41) is 2.11. The third-order valence-electron chi connectivity index (χ3n) is 4.27. The number of thiazole rings is 1. The Labute approximate surface area is 161 Å². The lowest BCUT2D eigenvalue weighted by Crippen LogP contribution is -2.16. The summed E-state index contributed by atoms with van der Waals surface area (Å²) < 4.78 is 15.4. The highest BCUT2D eigenvalue weighted by Crippen LogP contribution is 2.22. The van der Waals surface area contributed by atoms with Crippen LogP contribution in [0, 0.1) is 12.7 Å². The molecule has 2 heterocycles. The lowest BCUT2D eigenvalue weighted by molar-refractivity contribution is 0.626. The average Bonchev–Trinajstić information content (AvgIpc) is 3.07. The van der Waals surface area contributed by atoms with E-state index in [0.29, 0.717) is 6.54 Å². The van der Waals surface area contributed by atoms with Gasteiger partial charge in [0.15, 0.2) is 4.80 Å². The summed E-state index contributed by atoms with van der Waals surface area (Å²) in [5.41, 5.74) is 5.27. The van der Waals surface area contributed by atoms with Crippen LogP contribution in [0.15, 0.2) is 83.4 Å². The molecule has 2 aromatic carbocycles. The SMILES string of the molecule is Cc1ccc(-c2csc(=Nc3cccnc3)n2Cc2ccc(F)cc2)cc1. The molecule has 3 nitrogen and oxygen atoms in total. The molecule has 0 aliphatic carbocycles. The van der Waals surface area contributed by atoms with Crippen molar-refractivity contribution in [2.75, 3.05) is 0 Å². The molecule has 0 atom stereocenters. The van der Waals surface area contributed by atoms with E-state index in [-0.39, 0.29) is 5.82 Å². The van der Waals surface area contributed by atoms with Gasteiger partial charge < -0.3 is 4.57 Å². The summed E-state index contributed by atoms with van der Waals surface area (Å²) >= 11 is 1.59. The van der Waals surface area contributed by atoms with Crippen LogP contribution in [0.3, 0.4) is 0 Å². The van der Waals surface area contributed by atoms with E-state index in [1.165, 1.54) is 17.7 Å². The summed E-state index contributed by atoms with van der Waals surface area (Å²) in [6.45, 7) is 2.69. The Morgan fingerprint density at radius 3 is 2.52 bits per heavy atom. The van der Waals surface area contributed by atoms with Crippen molar-refractivity contribution in [2.45, 2.75) is 13.5 Å². The molecule has 0 aliphatic heterocycles. The third kappa shape index (κ3) is 4.04. The van der Waals surface area contributed by atoms with E-state index < -0.39 is 0 Å². The lowest BCUT2D eigenvalue weighted by atomic mass is 10.1. The highest BCUT2D eigenvalue weighted by atomic mass is 32.1. The van der Waals surface area contributed by atoms with Crippen molar-refractivity contribution < 1.29 is 4.39 Å². The predicted molar refractivity (Wildman–Crippen MR) is 107 cm³/mol. The first kappa shape index (κ1) is 17.4. The van der Waals surface area contributed by atoms with Gasteiger partial charge in [-0.3, -0.25) is 4.98 Å². The van der Waals surface area contributed by atoms with Crippen molar-refractivity contribution in [3.63, 3.8) is 0 Å². The Kier molecular flexibility index (Phi) is 4.94. The molecule has 0 spiro atoms. The molecule has 4 aromatic rings. The second-order valence-electron chi connectivity index (χ2n) is 6.31. The number of benzene rings is 2. The molecule has 0 saturated heterocycles. The minimum absolute atomic E-state index is 0.229. The van der Waals surface area contributed by atoms with Crippen LogP contribution in [-0.2, 0) is 6.54 Å². The second-order valence-corrected chi connectivity index (χ2v) is 7.14. The molecule has 0 fully saturated rings. The van der Waals surface area contributed by atoms with Crippen LogP contribution in [-0.4, -0.2) is 9.55 Å². The van der Waals surface area contributed by atoms with Crippen LogP contribution in [0.5, 0.6) is 0 Å². The first-order chi connectivity index (χ1) is 13.2. The van der Waals surface area contributed by atoms with E-state index in [2.05, 4.69) is 46.1 Å². The molecule has 4 rings (SSSR count). The van der Waals surface area contributed by atoms with Gasteiger partial charge in [0.05, 0.1) is 24.1 Å². The summed E-state index contributed by atoms with van der Waals surface area (Å²) in [6, 6.07) is 18.9. The minimum atomic E-state index is -0.229. The average molecular weight is 375 g/mol. The van der Waals surface area contributed by atoms with Crippen molar-refractivity contribution in [3.05, 3.63) is 100 Å². The first-order valence-electron chi connectivity index (χ1n) is 8.63. The topological polar surface area (TPSA) is 30.2 Å². The van der Waals surface area contributed by atoms with E-state index in [9.17, 15) is 4.39 Å². The zero-order valence-electron chi connectivity index (χ0n) is 14.8. The number of pyridine rings is 1. The summed E-state index contributed by atoms with van der Waals surface area (Å²) in [5.74, 6) is -0.229. The molecule has 0 unspecified atom stereocenters. The standard InChI is InChI=1S/C22H18FN3S/c1-16-4-8-18(9-5-16)21-15-27-22(25-20-3-2-12-24-13-20)26(21)14-17-6-10-19(23)11-7-17/h2-13,15H,14H2,1H3. The second kappa shape index (κ2) is 7.68. The minimum Gasteiger partial charge on any atom is -0.312 e. The highest BCUT2D eigenvalue weighted by molar-refractivity contribution is 7.07. The molecule has 0 radical (unpaired) electrons. The maximum absolute atomic E-state index is 13.3. The van der Waals surface area contributed by atoms with E-state index in [1.54, 1.807) is 23.7 Å². The fourth-order valence-corrected chi connectivity index (χ4v) is 3.76. The van der Waals surface area contributed by atoms with Crippen molar-refractivity contribution >= 4 is 17.0 Å². The van der Waals surface area contributed by atoms with Crippen LogP contribution in [0.25, 0.3) is 11.3 Å². The Hall–Kier alpha value is -3.05. The smallest absolute Gasteiger partial charge is 0.190 e. The van der Waals surface area contributed by atoms with Gasteiger partial charge >= 0.3 is 0 Å². The maximum atomic E-state index is 13.3. The normalized spacial score (nSPS) is 11.7. The molecular formula is C22H18FN3S. The van der Waals surface area contributed by atoms with Gasteiger partial charge in [-0.15, -0.1) is 11.3 Å². The van der Waals surface area contributed by atoms with Crippen LogP contribution < -0.4 is 4.80 Å². The van der Waals surface area contributed by atoms with Crippen molar-refractivity contribution in [1.82, 2.24) is 9.55 Å². The molecule has 0 saturated carbocycles. The fraction of sp³-hybridized carbons (Fsp3) is 0.0909. The van der Waals surface area contributed by atoms with Gasteiger partial charge in [0, 0.05) is 11.6 Å². The van der Waals surface area contributed by atoms with E-state index in [1.807, 2.05) is 24.3 Å². The Morgan fingerprint density at radius 1 is 1.04 bits per heavy atom. The van der Waals surface area contributed by atoms with Crippen molar-refractivity contribution in [1.29, 1.82) is 0 Å². The highest BCUT2D eigenvalue weighted by Gasteiger charge is 2.09. The summed E-state index contributed by atoms with van der Waals surface area (Å²) in [7, 11) is 0. The maximum Gasteiger partial charge on any atom is 0.190 e. The van der Waals surface area contributed by atoms with Gasteiger partial charge in [0.25, 0.3) is 0 Å². The van der Waals surface area contributed by atoms with Crippen LogP contribution in [0.4, 0.5) is 10.1 Å². The quantitative estimate of drug-likeness (QED) is 0.473. The largest absolute Gasteiger partial charge is 0.312 e. The molecule has 5 heteroatoms. The zero-order valence-corrected chi connectivity index (χ0v) is 15.7. The number of nitrogens with zero attached hydrogens (tertiary/aromatic N) is 3. The zero-order chi connectivity index (χ0) is 18.6. The predicted octanol–water partition coefficient (Wildman–Crippen LogP) is 5.34. The van der Waals surface area contributed by atoms with Gasteiger partial charge in [0.2, 0.25) is 0 Å². The molecule has 0 N–H and O–H groups in total. The molecule has 2 aromatic heterocycles. The Bertz CT molecular complexity index is 1100. The number of halogens is 1. The van der Waals surface area contributed by atoms with Crippen LogP contribution >= 0.6 is 11.3 Å². The summed E-state index contributed by atoms with van der Waals surface area (Å²) in [4.78, 5) is 9.78. The van der Waals surface area contributed by atoms with Gasteiger partial charge in [0.1, 0.15) is 5.82 Å². The van der Waals surface area contributed by atoms with E-state index >= 15 is 0 Å². The van der Waals surface area contributed by atoms with Crippen LogP contribution in [0.1, 0.15) is 11.1 Å². The molecule has 0 bridgehead atoms. The van der Waals surface area contributed by atoms with Crippen LogP contribution in [0.2, 0.25) is 0 Å². The number of aryl methyl sites for hydroxylation is 1. The molecule has 0 aliphatic rings. The lowest BCUT2D eigenvalue weighted by Gasteiger charge is -2.10. The summed E-state index contributed by atoms with van der Waals surface area (Å²) in [6.07, 6.45) is 3.48. The molecule has 27 heavy (non-hydrogen) atoms. The Morgan fingerprint density at radius 2 is 1.81 bits per heavy atom. The van der Waals surface area contributed by atoms with Gasteiger partial charge in [-0.1, -0.05) is 42.0 Å². The number of aromatic nitrogens is 2. The molecular weight excluding hydrogens is 357 g/mol. The first-order valence-corrected chi connectivity index (χ1v) is 9.51. The molecule has 0 amide bonds. The van der Waals surface area contributed by atoms with Gasteiger partial charge in [-0.2, -0.15) is 0 Å². The van der Waals surface area contributed by atoms with Gasteiger partial charge in [-0.25, -0.2) is 9.38 Å². The number of hydrogen-bond acceptors (Lipinski definition) is 3. The van der Waals surface area contributed by atoms with Gasteiger partial charge in [-0.05, 0) is 42.3 Å². The Balaban J connectivity index is 1.83. The monoisotopic (exact) mass is 375 g/mol. The van der Waals surface area contributed by atoms with E-state index in [4.69, 9.17) is 4.99 Å². The fourth-order valence-electron chi connectivity index (χ4n) is 2.83. The van der Waals surface area contributed by atoms with Crippen molar-refractivity contribution in [3.8, 4) is 11.3 Å². The number of hydrogen-bond donors (Lipinski definition) is 0.